The van der Waals surface area contributed by atoms with Gasteiger partial charge in [0.15, 0.2) is 0 Å². The Bertz CT molecular complexity index is 931. The molecule has 0 spiro atoms. The van der Waals surface area contributed by atoms with E-state index in [0.29, 0.717) is 38.1 Å². The number of nitrogens with one attached hydrogen (secondary N) is 1. The first-order chi connectivity index (χ1) is 16.3. The maximum Gasteiger partial charge on any atom is 0.323 e. The van der Waals surface area contributed by atoms with Crippen LogP contribution in [0.3, 0.4) is 0 Å². The number of aliphatic carboxylic acids is 1. The average Bonchev–Trinajstić information content (AvgIpc) is 3.00. The number of carboxylic acid groups (broad SMARTS) is 1. The van der Waals surface area contributed by atoms with Crippen LogP contribution in [0.2, 0.25) is 0 Å². The summed E-state index contributed by atoms with van der Waals surface area (Å²) in [5.41, 5.74) is 3.40. The van der Waals surface area contributed by atoms with Crippen LogP contribution in [0.1, 0.15) is 63.0 Å². The van der Waals surface area contributed by atoms with E-state index in [0.717, 1.165) is 18.5 Å². The van der Waals surface area contributed by atoms with Crippen molar-refractivity contribution in [2.24, 2.45) is 5.92 Å². The topological polar surface area (TPSA) is 89.9 Å². The first kappa shape index (κ1) is 25.8. The van der Waals surface area contributed by atoms with Crippen molar-refractivity contribution < 1.29 is 19.8 Å². The third-order valence-corrected chi connectivity index (χ3v) is 6.73. The SMILES string of the molecule is CC(C)c1cccc(N[C@H]2CC[C@@H](C(=O)N(CCCc3ccccc3)CC(=O)O)CC[C@@H]2O)c1. The van der Waals surface area contributed by atoms with Crippen LogP contribution in [0.5, 0.6) is 0 Å². The van der Waals surface area contributed by atoms with Gasteiger partial charge in [0.1, 0.15) is 6.54 Å². The monoisotopic (exact) mass is 466 g/mol. The lowest BCUT2D eigenvalue weighted by Gasteiger charge is -2.25. The molecule has 1 aliphatic rings. The highest BCUT2D eigenvalue weighted by atomic mass is 16.4. The van der Waals surface area contributed by atoms with Crippen LogP contribution >= 0.6 is 0 Å². The highest BCUT2D eigenvalue weighted by Crippen LogP contribution is 2.28. The van der Waals surface area contributed by atoms with E-state index < -0.39 is 12.1 Å². The Morgan fingerprint density at radius 3 is 2.47 bits per heavy atom. The van der Waals surface area contributed by atoms with Gasteiger partial charge < -0.3 is 20.4 Å². The number of carbonyl (C=O) groups excluding carboxylic acids is 1. The molecule has 0 heterocycles. The van der Waals surface area contributed by atoms with E-state index in [-0.39, 0.29) is 24.4 Å². The molecule has 1 fully saturated rings. The van der Waals surface area contributed by atoms with Crippen LogP contribution < -0.4 is 5.32 Å². The third kappa shape index (κ3) is 7.59. The molecule has 0 aliphatic heterocycles. The molecule has 0 aromatic heterocycles. The molecule has 2 aromatic rings. The van der Waals surface area contributed by atoms with Crippen molar-refractivity contribution in [2.75, 3.05) is 18.4 Å². The van der Waals surface area contributed by atoms with Crippen molar-refractivity contribution in [1.82, 2.24) is 4.90 Å². The van der Waals surface area contributed by atoms with E-state index in [9.17, 15) is 19.8 Å². The fraction of sp³-hybridized carbons (Fsp3) is 0.500. The number of rotatable bonds is 10. The predicted molar refractivity (Wildman–Crippen MR) is 135 cm³/mol. The number of hydrogen-bond donors (Lipinski definition) is 3. The zero-order valence-corrected chi connectivity index (χ0v) is 20.3. The lowest BCUT2D eigenvalue weighted by molar-refractivity contribution is -0.146. The van der Waals surface area contributed by atoms with Gasteiger partial charge in [-0.3, -0.25) is 9.59 Å². The number of carbonyl (C=O) groups is 2. The number of aliphatic hydroxyl groups is 1. The summed E-state index contributed by atoms with van der Waals surface area (Å²) in [5.74, 6) is -0.944. The van der Waals surface area contributed by atoms with Crippen LogP contribution in [0.25, 0.3) is 0 Å². The van der Waals surface area contributed by atoms with Crippen molar-refractivity contribution in [1.29, 1.82) is 0 Å². The molecule has 34 heavy (non-hydrogen) atoms. The summed E-state index contributed by atoms with van der Waals surface area (Å²) in [6.07, 6.45) is 3.35. The molecule has 0 saturated heterocycles. The molecule has 1 saturated carbocycles. The van der Waals surface area contributed by atoms with Crippen molar-refractivity contribution in [3.63, 3.8) is 0 Å². The number of amides is 1. The predicted octanol–water partition coefficient (Wildman–Crippen LogP) is 4.69. The number of carboxylic acids is 1. The van der Waals surface area contributed by atoms with Crippen molar-refractivity contribution in [2.45, 2.75) is 70.4 Å². The maximum atomic E-state index is 13.3. The summed E-state index contributed by atoms with van der Waals surface area (Å²) in [4.78, 5) is 26.2. The van der Waals surface area contributed by atoms with Crippen LogP contribution in [-0.2, 0) is 16.0 Å². The molecule has 6 nitrogen and oxygen atoms in total. The first-order valence-electron chi connectivity index (χ1n) is 12.4. The summed E-state index contributed by atoms with van der Waals surface area (Å²) in [6, 6.07) is 18.1. The Balaban J connectivity index is 1.59. The highest BCUT2D eigenvalue weighted by Gasteiger charge is 2.32. The molecule has 3 rings (SSSR count). The van der Waals surface area contributed by atoms with Gasteiger partial charge in [-0.2, -0.15) is 0 Å². The molecule has 1 amide bonds. The maximum absolute atomic E-state index is 13.3. The molecular formula is C28H38N2O4. The van der Waals surface area contributed by atoms with Crippen LogP contribution in [-0.4, -0.2) is 52.2 Å². The second-order valence-electron chi connectivity index (χ2n) is 9.69. The summed E-state index contributed by atoms with van der Waals surface area (Å²) in [6.45, 7) is 4.44. The van der Waals surface area contributed by atoms with Crippen LogP contribution in [0.4, 0.5) is 5.69 Å². The number of aryl methyl sites for hydroxylation is 1. The number of nitrogens with zero attached hydrogens (tertiary/aromatic N) is 1. The Morgan fingerprint density at radius 1 is 1.03 bits per heavy atom. The Labute approximate surface area is 203 Å². The highest BCUT2D eigenvalue weighted by molar-refractivity contribution is 5.83. The van der Waals surface area contributed by atoms with Gasteiger partial charge in [-0.25, -0.2) is 0 Å². The Morgan fingerprint density at radius 2 is 1.76 bits per heavy atom. The molecule has 0 unspecified atom stereocenters. The molecule has 3 N–H and O–H groups in total. The van der Waals surface area contributed by atoms with Gasteiger partial charge >= 0.3 is 5.97 Å². The quantitative estimate of drug-likeness (QED) is 0.442. The van der Waals surface area contributed by atoms with Gasteiger partial charge in [0.2, 0.25) is 5.91 Å². The molecule has 0 bridgehead atoms. The average molecular weight is 467 g/mol. The molecule has 184 valence electrons. The summed E-state index contributed by atoms with van der Waals surface area (Å²) in [7, 11) is 0. The van der Waals surface area contributed by atoms with Crippen molar-refractivity contribution >= 4 is 17.6 Å². The standard InChI is InChI=1S/C28H38N2O4/c1-20(2)23-11-6-12-24(18-23)29-25-15-13-22(14-16-26(25)31)28(34)30(19-27(32)33)17-7-10-21-8-4-3-5-9-21/h3-6,8-9,11-12,18,20,22,25-26,29,31H,7,10,13-17,19H2,1-2H3,(H,32,33)/t22-,25+,26+/m1/s1. The zero-order valence-electron chi connectivity index (χ0n) is 20.3. The molecular weight excluding hydrogens is 428 g/mol. The third-order valence-electron chi connectivity index (χ3n) is 6.73. The van der Waals surface area contributed by atoms with Crippen molar-refractivity contribution in [3.8, 4) is 0 Å². The number of hydrogen-bond acceptors (Lipinski definition) is 4. The van der Waals surface area contributed by atoms with E-state index >= 15 is 0 Å². The minimum atomic E-state index is -0.994. The minimum Gasteiger partial charge on any atom is -0.480 e. The van der Waals surface area contributed by atoms with Crippen molar-refractivity contribution in [3.05, 3.63) is 65.7 Å². The van der Waals surface area contributed by atoms with Crippen LogP contribution in [0, 0.1) is 5.92 Å². The molecule has 2 aromatic carbocycles. The van der Waals surface area contributed by atoms with Gasteiger partial charge in [-0.05, 0) is 67.7 Å². The Kier molecular flexibility index (Phi) is 9.52. The van der Waals surface area contributed by atoms with Gasteiger partial charge in [-0.15, -0.1) is 0 Å². The number of benzene rings is 2. The smallest absolute Gasteiger partial charge is 0.323 e. The molecule has 0 radical (unpaired) electrons. The van der Waals surface area contributed by atoms with E-state index in [4.69, 9.17) is 0 Å². The number of aliphatic hydroxyl groups excluding tert-OH is 1. The normalized spacial score (nSPS) is 20.5. The molecule has 3 atom stereocenters. The lowest BCUT2D eigenvalue weighted by Crippen LogP contribution is -2.40. The number of anilines is 1. The second kappa shape index (κ2) is 12.6. The van der Waals surface area contributed by atoms with E-state index in [2.05, 4.69) is 31.3 Å². The fourth-order valence-corrected chi connectivity index (χ4v) is 4.71. The second-order valence-corrected chi connectivity index (χ2v) is 9.69. The van der Waals surface area contributed by atoms with Crippen LogP contribution in [0.15, 0.2) is 54.6 Å². The lowest BCUT2D eigenvalue weighted by atomic mass is 9.98. The zero-order chi connectivity index (χ0) is 24.5. The van der Waals surface area contributed by atoms with Gasteiger partial charge in [0.05, 0.1) is 12.1 Å². The fourth-order valence-electron chi connectivity index (χ4n) is 4.71. The molecule has 1 aliphatic carbocycles. The van der Waals surface area contributed by atoms with Gasteiger partial charge in [-0.1, -0.05) is 56.3 Å². The van der Waals surface area contributed by atoms with Gasteiger partial charge in [0.25, 0.3) is 0 Å². The van der Waals surface area contributed by atoms with E-state index in [1.165, 1.54) is 16.0 Å². The van der Waals surface area contributed by atoms with E-state index in [1.807, 2.05) is 42.5 Å². The van der Waals surface area contributed by atoms with E-state index in [1.54, 1.807) is 0 Å². The van der Waals surface area contributed by atoms with Gasteiger partial charge in [0, 0.05) is 18.2 Å². The summed E-state index contributed by atoms with van der Waals surface area (Å²) in [5, 5.41) is 23.6. The molecule has 6 heteroatoms. The first-order valence-corrected chi connectivity index (χ1v) is 12.4. The largest absolute Gasteiger partial charge is 0.480 e. The Hall–Kier alpha value is -2.86. The minimum absolute atomic E-state index is 0.106. The summed E-state index contributed by atoms with van der Waals surface area (Å²) < 4.78 is 0. The summed E-state index contributed by atoms with van der Waals surface area (Å²) >= 11 is 0.